The molecule has 2 aliphatic heterocycles. The summed E-state index contributed by atoms with van der Waals surface area (Å²) in [5.74, 6) is 0.122. The minimum atomic E-state index is -0.470. The minimum Gasteiger partial charge on any atom is -0.367 e. The van der Waals surface area contributed by atoms with Gasteiger partial charge in [0, 0.05) is 39.0 Å². The van der Waals surface area contributed by atoms with E-state index >= 15 is 0 Å². The lowest BCUT2D eigenvalue weighted by Gasteiger charge is -2.37. The predicted octanol–water partition coefficient (Wildman–Crippen LogP) is 0.429. The van der Waals surface area contributed by atoms with Crippen molar-refractivity contribution in [3.63, 3.8) is 0 Å². The highest BCUT2D eigenvalue weighted by molar-refractivity contribution is 5.92. The van der Waals surface area contributed by atoms with Crippen molar-refractivity contribution in [3.8, 4) is 0 Å². The van der Waals surface area contributed by atoms with Crippen LogP contribution >= 0.6 is 0 Å². The maximum absolute atomic E-state index is 12.5. The average molecular weight is 335 g/mol. The molecule has 0 unspecified atom stereocenters. The van der Waals surface area contributed by atoms with Gasteiger partial charge in [0.25, 0.3) is 5.91 Å². The molecule has 3 rings (SSSR count). The van der Waals surface area contributed by atoms with Gasteiger partial charge in [0.2, 0.25) is 0 Å². The zero-order chi connectivity index (χ0) is 17.0. The van der Waals surface area contributed by atoms with E-state index in [-0.39, 0.29) is 5.91 Å². The van der Waals surface area contributed by atoms with E-state index in [1.165, 1.54) is 0 Å². The maximum atomic E-state index is 12.5. The van der Waals surface area contributed by atoms with Crippen molar-refractivity contribution >= 4 is 11.7 Å². The second-order valence-corrected chi connectivity index (χ2v) is 6.43. The number of ether oxygens (including phenoxy) is 2. The fourth-order valence-corrected chi connectivity index (χ4v) is 2.95. The molecule has 2 fully saturated rings. The molecule has 0 radical (unpaired) electrons. The van der Waals surface area contributed by atoms with Crippen LogP contribution in [0.15, 0.2) is 12.1 Å². The topological polar surface area (TPSA) is 79.8 Å². The van der Waals surface area contributed by atoms with Gasteiger partial charge in [0.1, 0.15) is 5.82 Å². The van der Waals surface area contributed by atoms with Crippen LogP contribution in [0.4, 0.5) is 5.82 Å². The summed E-state index contributed by atoms with van der Waals surface area (Å²) in [7, 11) is 4.03. The number of nitrogens with zero attached hydrogens (tertiary/aromatic N) is 4. The van der Waals surface area contributed by atoms with Crippen LogP contribution in [0, 0.1) is 0 Å². The largest absolute Gasteiger partial charge is 0.367 e. The third-order valence-electron chi connectivity index (χ3n) is 4.37. The first kappa shape index (κ1) is 17.1. The summed E-state index contributed by atoms with van der Waals surface area (Å²) in [4.78, 5) is 16.4. The second-order valence-electron chi connectivity index (χ2n) is 6.43. The Balaban J connectivity index is 1.52. The standard InChI is InChI=1S/C16H25N5O3/c1-20(2)10-7-17-14-4-3-13(18-19-14)15(22)21-8-5-16(6-9-21)23-11-12-24-16/h3-4H,5-12H2,1-2H3,(H,17,19). The van der Waals surface area contributed by atoms with E-state index < -0.39 is 5.79 Å². The highest BCUT2D eigenvalue weighted by atomic mass is 16.7. The van der Waals surface area contributed by atoms with E-state index in [2.05, 4.69) is 20.4 Å². The molecule has 1 amide bonds. The van der Waals surface area contributed by atoms with Crippen LogP contribution in [0.1, 0.15) is 23.3 Å². The lowest BCUT2D eigenvalue weighted by Crippen LogP contribution is -2.47. The molecule has 2 saturated heterocycles. The Hall–Kier alpha value is -1.77. The van der Waals surface area contributed by atoms with Gasteiger partial charge in [0.15, 0.2) is 11.5 Å². The van der Waals surface area contributed by atoms with E-state index in [9.17, 15) is 4.79 Å². The van der Waals surface area contributed by atoms with Gasteiger partial charge in [-0.1, -0.05) is 0 Å². The quantitative estimate of drug-likeness (QED) is 0.836. The third-order valence-corrected chi connectivity index (χ3v) is 4.37. The van der Waals surface area contributed by atoms with E-state index in [0.717, 1.165) is 13.1 Å². The number of aromatic nitrogens is 2. The van der Waals surface area contributed by atoms with Gasteiger partial charge in [-0.15, -0.1) is 10.2 Å². The van der Waals surface area contributed by atoms with Crippen molar-refractivity contribution in [3.05, 3.63) is 17.8 Å². The van der Waals surface area contributed by atoms with Crippen LogP contribution in [0.25, 0.3) is 0 Å². The van der Waals surface area contributed by atoms with Crippen LogP contribution in [0.3, 0.4) is 0 Å². The Morgan fingerprint density at radius 2 is 1.96 bits per heavy atom. The number of piperidine rings is 1. The van der Waals surface area contributed by atoms with Gasteiger partial charge in [-0.3, -0.25) is 4.79 Å². The van der Waals surface area contributed by atoms with Crippen LogP contribution < -0.4 is 5.32 Å². The Morgan fingerprint density at radius 3 is 2.54 bits per heavy atom. The number of anilines is 1. The van der Waals surface area contributed by atoms with Crippen molar-refractivity contribution < 1.29 is 14.3 Å². The molecule has 0 aromatic carbocycles. The Kier molecular flexibility index (Phi) is 5.27. The molecule has 8 heteroatoms. The summed E-state index contributed by atoms with van der Waals surface area (Å²) in [6.07, 6.45) is 1.41. The van der Waals surface area contributed by atoms with Crippen molar-refractivity contribution in [1.29, 1.82) is 0 Å². The molecule has 1 aromatic heterocycles. The van der Waals surface area contributed by atoms with Crippen molar-refractivity contribution in [1.82, 2.24) is 20.0 Å². The first-order chi connectivity index (χ1) is 11.6. The van der Waals surface area contributed by atoms with Crippen molar-refractivity contribution in [2.45, 2.75) is 18.6 Å². The summed E-state index contributed by atoms with van der Waals surface area (Å²) in [6, 6.07) is 3.52. The molecule has 1 aromatic rings. The van der Waals surface area contributed by atoms with Gasteiger partial charge < -0.3 is 24.6 Å². The number of likely N-dealkylation sites (tertiary alicyclic amines) is 1. The molecule has 2 aliphatic rings. The zero-order valence-corrected chi connectivity index (χ0v) is 14.3. The third kappa shape index (κ3) is 4.00. The fraction of sp³-hybridized carbons (Fsp3) is 0.688. The summed E-state index contributed by atoms with van der Waals surface area (Å²) >= 11 is 0. The van der Waals surface area contributed by atoms with E-state index in [1.54, 1.807) is 17.0 Å². The molecule has 132 valence electrons. The summed E-state index contributed by atoms with van der Waals surface area (Å²) in [5.41, 5.74) is 0.373. The highest BCUT2D eigenvalue weighted by Crippen LogP contribution is 2.31. The fourth-order valence-electron chi connectivity index (χ4n) is 2.95. The minimum absolute atomic E-state index is 0.0878. The van der Waals surface area contributed by atoms with E-state index in [0.29, 0.717) is 50.7 Å². The van der Waals surface area contributed by atoms with Gasteiger partial charge in [0.05, 0.1) is 13.2 Å². The van der Waals surface area contributed by atoms with Crippen LogP contribution in [-0.2, 0) is 9.47 Å². The highest BCUT2D eigenvalue weighted by Gasteiger charge is 2.41. The summed E-state index contributed by atoms with van der Waals surface area (Å²) < 4.78 is 11.4. The molecule has 8 nitrogen and oxygen atoms in total. The second kappa shape index (κ2) is 7.42. The molecule has 0 atom stereocenters. The first-order valence-electron chi connectivity index (χ1n) is 8.37. The summed E-state index contributed by atoms with van der Waals surface area (Å²) in [5, 5.41) is 11.3. The number of carbonyl (C=O) groups excluding carboxylic acids is 1. The van der Waals surface area contributed by atoms with Gasteiger partial charge in [-0.2, -0.15) is 0 Å². The lowest BCUT2D eigenvalue weighted by molar-refractivity contribution is -0.181. The number of amides is 1. The van der Waals surface area contributed by atoms with E-state index in [1.807, 2.05) is 14.1 Å². The van der Waals surface area contributed by atoms with Crippen LogP contribution in [0.5, 0.6) is 0 Å². The number of nitrogens with one attached hydrogen (secondary N) is 1. The molecule has 3 heterocycles. The van der Waals surface area contributed by atoms with E-state index in [4.69, 9.17) is 9.47 Å². The monoisotopic (exact) mass is 335 g/mol. The molecule has 0 saturated carbocycles. The smallest absolute Gasteiger partial charge is 0.274 e. The van der Waals surface area contributed by atoms with Crippen LogP contribution in [0.2, 0.25) is 0 Å². The number of hydrogen-bond acceptors (Lipinski definition) is 7. The van der Waals surface area contributed by atoms with Crippen molar-refractivity contribution in [2.24, 2.45) is 0 Å². The van der Waals surface area contributed by atoms with Gasteiger partial charge in [-0.25, -0.2) is 0 Å². The molecular formula is C16H25N5O3. The lowest BCUT2D eigenvalue weighted by atomic mass is 10.0. The molecule has 1 spiro atoms. The van der Waals surface area contributed by atoms with Crippen LogP contribution in [-0.4, -0.2) is 85.2 Å². The maximum Gasteiger partial charge on any atom is 0.274 e. The van der Waals surface area contributed by atoms with Gasteiger partial charge >= 0.3 is 0 Å². The molecule has 0 bridgehead atoms. The number of carbonyl (C=O) groups is 1. The average Bonchev–Trinajstić information content (AvgIpc) is 3.03. The number of likely N-dealkylation sites (N-methyl/N-ethyl adjacent to an activating group) is 1. The zero-order valence-electron chi connectivity index (χ0n) is 14.3. The SMILES string of the molecule is CN(C)CCNc1ccc(C(=O)N2CCC3(CC2)OCCO3)nn1. The molecule has 0 aliphatic carbocycles. The Bertz CT molecular complexity index is 547. The number of rotatable bonds is 5. The summed E-state index contributed by atoms with van der Waals surface area (Å²) in [6.45, 7) is 4.20. The first-order valence-corrected chi connectivity index (χ1v) is 8.37. The molecule has 1 N–H and O–H groups in total. The normalized spacial score (nSPS) is 19.9. The van der Waals surface area contributed by atoms with Gasteiger partial charge in [-0.05, 0) is 26.2 Å². The molecule has 24 heavy (non-hydrogen) atoms. The number of hydrogen-bond donors (Lipinski definition) is 1. The Labute approximate surface area is 142 Å². The predicted molar refractivity (Wildman–Crippen MR) is 88.8 cm³/mol. The Morgan fingerprint density at radius 1 is 1.25 bits per heavy atom. The molecular weight excluding hydrogens is 310 g/mol. The van der Waals surface area contributed by atoms with Crippen molar-refractivity contribution in [2.75, 3.05) is 58.8 Å².